The van der Waals surface area contributed by atoms with E-state index in [0.29, 0.717) is 30.3 Å². The van der Waals surface area contributed by atoms with Gasteiger partial charge in [-0.25, -0.2) is 4.79 Å². The highest BCUT2D eigenvalue weighted by atomic mass is 79.9. The standard InChI is InChI=1S/C20H20BrClN2O3/c1-26-20-10-16(21)4-7-19(20)27-14-24-9-8-23(12-18(24)13-25)11-15-2-5-17(22)6-3-15/h2-7,10H,8-9,11-12,14H2,1H3. The summed E-state index contributed by atoms with van der Waals surface area (Å²) in [6.45, 7) is 3.09. The summed E-state index contributed by atoms with van der Waals surface area (Å²) >= 11 is 9.34. The van der Waals surface area contributed by atoms with E-state index in [0.717, 1.165) is 28.1 Å². The number of hydrogen-bond donors (Lipinski definition) is 0. The van der Waals surface area contributed by atoms with Gasteiger partial charge in [-0.1, -0.05) is 39.7 Å². The predicted molar refractivity (Wildman–Crippen MR) is 109 cm³/mol. The van der Waals surface area contributed by atoms with Crippen LogP contribution in [0.1, 0.15) is 5.56 Å². The Balaban J connectivity index is 1.59. The molecule has 1 aliphatic rings. The molecule has 1 heterocycles. The van der Waals surface area contributed by atoms with Crippen LogP contribution in [0, 0.1) is 0 Å². The fraction of sp³-hybridized carbons (Fsp3) is 0.300. The molecule has 0 aliphatic carbocycles. The lowest BCUT2D eigenvalue weighted by atomic mass is 10.2. The fourth-order valence-corrected chi connectivity index (χ4v) is 3.38. The summed E-state index contributed by atoms with van der Waals surface area (Å²) in [5.74, 6) is 3.34. The Labute approximate surface area is 172 Å². The number of halogens is 2. The second-order valence-corrected chi connectivity index (χ2v) is 7.57. The average molecular weight is 452 g/mol. The molecule has 0 atom stereocenters. The quantitative estimate of drug-likeness (QED) is 0.622. The SMILES string of the molecule is COc1cc(Br)ccc1OCN1CCN(Cc2ccc(Cl)cc2)CC1=C=O. The van der Waals surface area contributed by atoms with E-state index in [1.54, 1.807) is 7.11 Å². The van der Waals surface area contributed by atoms with Crippen molar-refractivity contribution in [3.63, 3.8) is 0 Å². The van der Waals surface area contributed by atoms with Gasteiger partial charge in [0, 0.05) is 35.7 Å². The molecule has 0 unspecified atom stereocenters. The molecule has 0 saturated carbocycles. The zero-order valence-corrected chi connectivity index (χ0v) is 17.3. The zero-order valence-electron chi connectivity index (χ0n) is 15.0. The Hall–Kier alpha value is -1.98. The van der Waals surface area contributed by atoms with E-state index in [2.05, 4.69) is 26.8 Å². The summed E-state index contributed by atoms with van der Waals surface area (Å²) in [6, 6.07) is 13.3. The molecule has 7 heteroatoms. The van der Waals surface area contributed by atoms with Gasteiger partial charge in [-0.2, -0.15) is 0 Å². The molecule has 3 rings (SSSR count). The lowest BCUT2D eigenvalue weighted by Crippen LogP contribution is -2.45. The number of methoxy groups -OCH3 is 1. The van der Waals surface area contributed by atoms with Gasteiger partial charge in [0.2, 0.25) is 0 Å². The molecule has 0 N–H and O–H groups in total. The summed E-state index contributed by atoms with van der Waals surface area (Å²) in [4.78, 5) is 15.6. The molecule has 1 saturated heterocycles. The molecule has 0 bridgehead atoms. The molecule has 2 aromatic rings. The first kappa shape index (κ1) is 19.8. The second-order valence-electron chi connectivity index (χ2n) is 6.22. The first-order valence-electron chi connectivity index (χ1n) is 8.51. The number of carbonyl (C=O) groups excluding carboxylic acids is 1. The largest absolute Gasteiger partial charge is 0.493 e. The van der Waals surface area contributed by atoms with Crippen molar-refractivity contribution in [3.8, 4) is 11.5 Å². The van der Waals surface area contributed by atoms with Crippen molar-refractivity contribution >= 4 is 33.5 Å². The van der Waals surface area contributed by atoms with E-state index in [-0.39, 0.29) is 6.73 Å². The van der Waals surface area contributed by atoms with Crippen LogP contribution in [0.5, 0.6) is 11.5 Å². The van der Waals surface area contributed by atoms with E-state index in [4.69, 9.17) is 21.1 Å². The molecular formula is C20H20BrClN2O3. The Kier molecular flexibility index (Phi) is 6.80. The second kappa shape index (κ2) is 9.29. The van der Waals surface area contributed by atoms with E-state index in [1.165, 1.54) is 0 Å². The Morgan fingerprint density at radius 3 is 2.63 bits per heavy atom. The maximum absolute atomic E-state index is 11.5. The minimum Gasteiger partial charge on any atom is -0.493 e. The smallest absolute Gasteiger partial charge is 0.163 e. The number of hydrogen-bond acceptors (Lipinski definition) is 5. The first-order valence-corrected chi connectivity index (χ1v) is 9.68. The van der Waals surface area contributed by atoms with Crippen LogP contribution < -0.4 is 9.47 Å². The van der Waals surface area contributed by atoms with Crippen molar-refractivity contribution in [1.29, 1.82) is 0 Å². The van der Waals surface area contributed by atoms with Crippen molar-refractivity contribution in [2.24, 2.45) is 0 Å². The molecule has 2 aromatic carbocycles. The van der Waals surface area contributed by atoms with Crippen LogP contribution >= 0.6 is 27.5 Å². The Morgan fingerprint density at radius 1 is 1.15 bits per heavy atom. The first-order chi connectivity index (χ1) is 13.1. The Bertz CT molecular complexity index is 838. The third-order valence-corrected chi connectivity index (χ3v) is 5.13. The summed E-state index contributed by atoms with van der Waals surface area (Å²) < 4.78 is 12.1. The van der Waals surface area contributed by atoms with E-state index >= 15 is 0 Å². The highest BCUT2D eigenvalue weighted by molar-refractivity contribution is 9.10. The molecule has 0 amide bonds. The third kappa shape index (κ3) is 5.27. The third-order valence-electron chi connectivity index (χ3n) is 4.38. The van der Waals surface area contributed by atoms with Crippen LogP contribution in [-0.4, -0.2) is 49.2 Å². The highest BCUT2D eigenvalue weighted by Crippen LogP contribution is 2.30. The van der Waals surface area contributed by atoms with E-state index in [1.807, 2.05) is 47.4 Å². The number of nitrogens with zero attached hydrogens (tertiary/aromatic N) is 2. The van der Waals surface area contributed by atoms with Gasteiger partial charge in [0.1, 0.15) is 11.6 Å². The molecular weight excluding hydrogens is 432 g/mol. The van der Waals surface area contributed by atoms with Crippen molar-refractivity contribution in [2.45, 2.75) is 6.54 Å². The van der Waals surface area contributed by atoms with Gasteiger partial charge in [-0.15, -0.1) is 0 Å². The number of benzene rings is 2. The molecule has 0 aromatic heterocycles. The maximum atomic E-state index is 11.5. The lowest BCUT2D eigenvalue weighted by Gasteiger charge is -2.36. The lowest BCUT2D eigenvalue weighted by molar-refractivity contribution is 0.0996. The van der Waals surface area contributed by atoms with Crippen molar-refractivity contribution in [1.82, 2.24) is 9.80 Å². The molecule has 1 aliphatic heterocycles. The van der Waals surface area contributed by atoms with Gasteiger partial charge in [-0.3, -0.25) is 4.90 Å². The molecule has 1 fully saturated rings. The maximum Gasteiger partial charge on any atom is 0.163 e. The molecule has 0 spiro atoms. The zero-order chi connectivity index (χ0) is 19.2. The topological polar surface area (TPSA) is 42.0 Å². The Morgan fingerprint density at radius 2 is 1.93 bits per heavy atom. The predicted octanol–water partition coefficient (Wildman–Crippen LogP) is 3.98. The fourth-order valence-electron chi connectivity index (χ4n) is 2.92. The molecule has 142 valence electrons. The van der Waals surface area contributed by atoms with Crippen LogP contribution in [0.4, 0.5) is 0 Å². The average Bonchev–Trinajstić information content (AvgIpc) is 2.69. The van der Waals surface area contributed by atoms with Gasteiger partial charge >= 0.3 is 0 Å². The summed E-state index contributed by atoms with van der Waals surface area (Å²) in [5, 5.41) is 0.720. The highest BCUT2D eigenvalue weighted by Gasteiger charge is 2.22. The number of ether oxygens (including phenoxy) is 2. The number of rotatable bonds is 6. The van der Waals surface area contributed by atoms with E-state index < -0.39 is 0 Å². The summed E-state index contributed by atoms with van der Waals surface area (Å²) in [5.41, 5.74) is 1.75. The van der Waals surface area contributed by atoms with Gasteiger partial charge in [0.05, 0.1) is 7.11 Å². The van der Waals surface area contributed by atoms with Crippen LogP contribution in [0.2, 0.25) is 5.02 Å². The molecule has 27 heavy (non-hydrogen) atoms. The van der Waals surface area contributed by atoms with Gasteiger partial charge < -0.3 is 14.4 Å². The minimum atomic E-state index is 0.275. The monoisotopic (exact) mass is 450 g/mol. The number of piperazine rings is 1. The molecule has 0 radical (unpaired) electrons. The van der Waals surface area contributed by atoms with Crippen LogP contribution in [0.25, 0.3) is 0 Å². The van der Waals surface area contributed by atoms with Gasteiger partial charge in [-0.05, 0) is 35.9 Å². The summed E-state index contributed by atoms with van der Waals surface area (Å²) in [6.07, 6.45) is 0. The van der Waals surface area contributed by atoms with Gasteiger partial charge in [0.15, 0.2) is 18.2 Å². The van der Waals surface area contributed by atoms with Crippen LogP contribution in [0.3, 0.4) is 0 Å². The van der Waals surface area contributed by atoms with Crippen molar-refractivity contribution in [3.05, 3.63) is 63.2 Å². The van der Waals surface area contributed by atoms with Crippen LogP contribution in [-0.2, 0) is 11.3 Å². The normalized spacial score (nSPS) is 14.8. The van der Waals surface area contributed by atoms with Gasteiger partial charge in [0.25, 0.3) is 0 Å². The molecule has 5 nitrogen and oxygen atoms in total. The minimum absolute atomic E-state index is 0.275. The van der Waals surface area contributed by atoms with Crippen molar-refractivity contribution in [2.75, 3.05) is 33.5 Å². The summed E-state index contributed by atoms with van der Waals surface area (Å²) in [7, 11) is 1.60. The van der Waals surface area contributed by atoms with E-state index in [9.17, 15) is 4.79 Å². The van der Waals surface area contributed by atoms with Crippen LogP contribution in [0.15, 0.2) is 52.6 Å². The van der Waals surface area contributed by atoms with Crippen molar-refractivity contribution < 1.29 is 14.3 Å².